The predicted molar refractivity (Wildman–Crippen MR) is 83.6 cm³/mol. The number of carbonyl (C=O) groups is 1. The van der Waals surface area contributed by atoms with Gasteiger partial charge in [0.05, 0.1) is 0 Å². The molecule has 21 heavy (non-hydrogen) atoms. The summed E-state index contributed by atoms with van der Waals surface area (Å²) >= 11 is 6.04. The van der Waals surface area contributed by atoms with E-state index in [-0.39, 0.29) is 12.5 Å². The lowest BCUT2D eigenvalue weighted by atomic mass is 9.90. The Hall–Kier alpha value is -1.13. The van der Waals surface area contributed by atoms with Crippen molar-refractivity contribution >= 4 is 17.5 Å². The van der Waals surface area contributed by atoms with Gasteiger partial charge in [-0.25, -0.2) is 4.98 Å². The molecule has 1 aromatic rings. The molecule has 1 aliphatic rings. The molecule has 0 saturated heterocycles. The molecule has 0 aliphatic heterocycles. The summed E-state index contributed by atoms with van der Waals surface area (Å²) in [5.74, 6) is 0.00908. The number of hydrogen-bond acceptors (Lipinski definition) is 3. The highest BCUT2D eigenvalue weighted by Crippen LogP contribution is 2.27. The highest BCUT2D eigenvalue weighted by molar-refractivity contribution is 6.29. The molecule has 0 spiro atoms. The van der Waals surface area contributed by atoms with E-state index in [0.29, 0.717) is 29.7 Å². The molecule has 1 N–H and O–H groups in total. The van der Waals surface area contributed by atoms with Crippen molar-refractivity contribution in [2.24, 2.45) is 0 Å². The van der Waals surface area contributed by atoms with Crippen molar-refractivity contribution in [1.82, 2.24) is 9.88 Å². The number of aryl methyl sites for hydroxylation is 1. The topological polar surface area (TPSA) is 53.4 Å². The Labute approximate surface area is 131 Å². The number of amides is 1. The Morgan fingerprint density at radius 3 is 2.81 bits per heavy atom. The quantitative estimate of drug-likeness (QED) is 0.787. The van der Waals surface area contributed by atoms with Gasteiger partial charge in [-0.05, 0) is 44.2 Å². The van der Waals surface area contributed by atoms with Gasteiger partial charge in [-0.1, -0.05) is 24.9 Å². The van der Waals surface area contributed by atoms with Crippen LogP contribution in [0.25, 0.3) is 0 Å². The van der Waals surface area contributed by atoms with E-state index in [2.05, 4.69) is 11.9 Å². The smallest absolute Gasteiger partial charge is 0.254 e. The molecule has 2 rings (SSSR count). The summed E-state index contributed by atoms with van der Waals surface area (Å²) in [6, 6.07) is 3.81. The van der Waals surface area contributed by atoms with Crippen LogP contribution in [0.5, 0.6) is 0 Å². The van der Waals surface area contributed by atoms with Gasteiger partial charge in [-0.2, -0.15) is 0 Å². The second-order valence-corrected chi connectivity index (χ2v) is 5.97. The van der Waals surface area contributed by atoms with Crippen molar-refractivity contribution in [1.29, 1.82) is 0 Å². The van der Waals surface area contributed by atoms with Gasteiger partial charge in [-0.15, -0.1) is 0 Å². The minimum absolute atomic E-state index is 0.00908. The van der Waals surface area contributed by atoms with Crippen molar-refractivity contribution in [2.45, 2.75) is 51.5 Å². The molecule has 0 aromatic carbocycles. The van der Waals surface area contributed by atoms with Gasteiger partial charge in [0.2, 0.25) is 0 Å². The molecule has 1 aliphatic carbocycles. The van der Waals surface area contributed by atoms with Crippen LogP contribution < -0.4 is 0 Å². The summed E-state index contributed by atoms with van der Waals surface area (Å²) in [5.41, 5.74) is 1.48. The SMILES string of the molecule is CCCc1cc(C(=O)N(CCCO)C2CCC2)cc(Cl)n1. The van der Waals surface area contributed by atoms with E-state index in [1.165, 1.54) is 6.42 Å². The maximum absolute atomic E-state index is 12.8. The molecule has 1 heterocycles. The van der Waals surface area contributed by atoms with Crippen LogP contribution in [-0.4, -0.2) is 40.1 Å². The van der Waals surface area contributed by atoms with Crippen LogP contribution in [0.2, 0.25) is 5.15 Å². The first-order valence-corrected chi connectivity index (χ1v) is 8.11. The Kier molecular flexibility index (Phi) is 6.00. The van der Waals surface area contributed by atoms with Crippen LogP contribution in [0.1, 0.15) is 55.1 Å². The Morgan fingerprint density at radius 2 is 2.24 bits per heavy atom. The molecule has 0 radical (unpaired) electrons. The first-order valence-electron chi connectivity index (χ1n) is 7.74. The van der Waals surface area contributed by atoms with E-state index >= 15 is 0 Å². The third kappa shape index (κ3) is 4.17. The van der Waals surface area contributed by atoms with Crippen molar-refractivity contribution in [2.75, 3.05) is 13.2 Å². The molecule has 1 amide bonds. The summed E-state index contributed by atoms with van der Waals surface area (Å²) in [6.45, 7) is 2.78. The largest absolute Gasteiger partial charge is 0.396 e. The van der Waals surface area contributed by atoms with Crippen molar-refractivity contribution < 1.29 is 9.90 Å². The summed E-state index contributed by atoms with van der Waals surface area (Å²) < 4.78 is 0. The third-order valence-corrected chi connectivity index (χ3v) is 4.13. The molecule has 5 heteroatoms. The van der Waals surface area contributed by atoms with Gasteiger partial charge >= 0.3 is 0 Å². The maximum atomic E-state index is 12.8. The highest BCUT2D eigenvalue weighted by atomic mass is 35.5. The van der Waals surface area contributed by atoms with E-state index in [1.54, 1.807) is 6.07 Å². The summed E-state index contributed by atoms with van der Waals surface area (Å²) in [7, 11) is 0. The first kappa shape index (κ1) is 16.2. The first-order chi connectivity index (χ1) is 10.2. The zero-order chi connectivity index (χ0) is 15.2. The van der Waals surface area contributed by atoms with E-state index in [9.17, 15) is 4.79 Å². The second kappa shape index (κ2) is 7.76. The second-order valence-electron chi connectivity index (χ2n) is 5.58. The Bertz CT molecular complexity index is 489. The van der Waals surface area contributed by atoms with Crippen molar-refractivity contribution in [3.05, 3.63) is 28.5 Å². The molecule has 1 fully saturated rings. The molecule has 0 unspecified atom stereocenters. The lowest BCUT2D eigenvalue weighted by molar-refractivity contribution is 0.0562. The van der Waals surface area contributed by atoms with Crippen molar-refractivity contribution in [3.63, 3.8) is 0 Å². The zero-order valence-electron chi connectivity index (χ0n) is 12.5. The molecular formula is C16H23ClN2O2. The molecular weight excluding hydrogens is 288 g/mol. The summed E-state index contributed by atoms with van der Waals surface area (Å²) in [4.78, 5) is 18.9. The van der Waals surface area contributed by atoms with Crippen LogP contribution in [0.3, 0.4) is 0 Å². The number of carbonyl (C=O) groups excluding carboxylic acids is 1. The monoisotopic (exact) mass is 310 g/mol. The number of halogens is 1. The highest BCUT2D eigenvalue weighted by Gasteiger charge is 2.29. The van der Waals surface area contributed by atoms with Crippen LogP contribution >= 0.6 is 11.6 Å². The van der Waals surface area contributed by atoms with Crippen molar-refractivity contribution in [3.8, 4) is 0 Å². The number of hydrogen-bond donors (Lipinski definition) is 1. The Balaban J connectivity index is 2.18. The van der Waals surface area contributed by atoms with Gasteiger partial charge in [0.15, 0.2) is 0 Å². The minimum Gasteiger partial charge on any atom is -0.396 e. The molecule has 4 nitrogen and oxygen atoms in total. The van der Waals surface area contributed by atoms with Gasteiger partial charge in [0.1, 0.15) is 5.15 Å². The fourth-order valence-corrected chi connectivity index (χ4v) is 2.84. The van der Waals surface area contributed by atoms with E-state index in [0.717, 1.165) is 31.4 Å². The van der Waals surface area contributed by atoms with E-state index < -0.39 is 0 Å². The summed E-state index contributed by atoms with van der Waals surface area (Å²) in [6.07, 6.45) is 5.68. The van der Waals surface area contributed by atoms with Gasteiger partial charge in [-0.3, -0.25) is 4.79 Å². The molecule has 0 atom stereocenters. The predicted octanol–water partition coefficient (Wildman–Crippen LogP) is 3.06. The average molecular weight is 311 g/mol. The summed E-state index contributed by atoms with van der Waals surface area (Å²) in [5, 5.41) is 9.40. The molecule has 1 aromatic heterocycles. The van der Waals surface area contributed by atoms with E-state index in [1.807, 2.05) is 11.0 Å². The molecule has 116 valence electrons. The zero-order valence-corrected chi connectivity index (χ0v) is 13.3. The number of aliphatic hydroxyl groups excluding tert-OH is 1. The van der Waals surface area contributed by atoms with Crippen LogP contribution in [0, 0.1) is 0 Å². The number of aromatic nitrogens is 1. The third-order valence-electron chi connectivity index (χ3n) is 3.93. The molecule has 1 saturated carbocycles. The van der Waals surface area contributed by atoms with Crippen LogP contribution in [0.4, 0.5) is 0 Å². The van der Waals surface area contributed by atoms with E-state index in [4.69, 9.17) is 16.7 Å². The van der Waals surface area contributed by atoms with Gasteiger partial charge in [0.25, 0.3) is 5.91 Å². The number of nitrogens with zero attached hydrogens (tertiary/aromatic N) is 2. The lowest BCUT2D eigenvalue weighted by Gasteiger charge is -2.37. The Morgan fingerprint density at radius 1 is 1.48 bits per heavy atom. The average Bonchev–Trinajstić information content (AvgIpc) is 2.40. The normalized spacial score (nSPS) is 14.8. The minimum atomic E-state index is 0.00908. The molecule has 0 bridgehead atoms. The number of aliphatic hydroxyl groups is 1. The maximum Gasteiger partial charge on any atom is 0.254 e. The van der Waals surface area contributed by atoms with Crippen LogP contribution in [0.15, 0.2) is 12.1 Å². The lowest BCUT2D eigenvalue weighted by Crippen LogP contribution is -2.45. The van der Waals surface area contributed by atoms with Gasteiger partial charge < -0.3 is 10.0 Å². The van der Waals surface area contributed by atoms with Crippen LogP contribution in [-0.2, 0) is 6.42 Å². The fourth-order valence-electron chi connectivity index (χ4n) is 2.61. The fraction of sp³-hybridized carbons (Fsp3) is 0.625. The number of rotatable bonds is 7. The van der Waals surface area contributed by atoms with Gasteiger partial charge in [0, 0.05) is 30.5 Å². The standard InChI is InChI=1S/C16H23ClN2O2/c1-2-5-13-10-12(11-15(17)18-13)16(21)19(8-4-9-20)14-6-3-7-14/h10-11,14,20H,2-9H2,1H3. The number of pyridine rings is 1.